The topological polar surface area (TPSA) is 51.5 Å². The van der Waals surface area contributed by atoms with Gasteiger partial charge in [-0.05, 0) is 74.1 Å². The minimum Gasteiger partial charge on any atom is -0.466 e. The lowest BCUT2D eigenvalue weighted by atomic mass is 9.85. The van der Waals surface area contributed by atoms with Gasteiger partial charge in [-0.25, -0.2) is 0 Å². The number of alkyl halides is 3. The second-order valence-corrected chi connectivity index (χ2v) is 10.9. The van der Waals surface area contributed by atoms with E-state index in [1.54, 1.807) is 42.5 Å². The van der Waals surface area contributed by atoms with Crippen molar-refractivity contribution in [2.75, 3.05) is 19.7 Å². The smallest absolute Gasteiger partial charge is 0.416 e. The van der Waals surface area contributed by atoms with Crippen LogP contribution < -0.4 is 0 Å². The van der Waals surface area contributed by atoms with Crippen LogP contribution in [-0.2, 0) is 29.2 Å². The molecule has 1 amide bonds. The second kappa shape index (κ2) is 11.4. The van der Waals surface area contributed by atoms with Crippen molar-refractivity contribution in [1.82, 2.24) is 9.47 Å². The van der Waals surface area contributed by atoms with Gasteiger partial charge in [0.25, 0.3) is 5.91 Å². The molecule has 5 nitrogen and oxygen atoms in total. The van der Waals surface area contributed by atoms with E-state index >= 15 is 0 Å². The zero-order valence-corrected chi connectivity index (χ0v) is 23.8. The molecule has 39 heavy (non-hydrogen) atoms. The first-order chi connectivity index (χ1) is 18.3. The van der Waals surface area contributed by atoms with Crippen molar-refractivity contribution in [3.8, 4) is 0 Å². The normalized spacial score (nSPS) is 15.6. The van der Waals surface area contributed by atoms with Gasteiger partial charge < -0.3 is 14.2 Å². The number of carbonyl (C=O) groups is 2. The van der Waals surface area contributed by atoms with Gasteiger partial charge >= 0.3 is 12.1 Å². The first-order valence-corrected chi connectivity index (χ1v) is 13.7. The Morgan fingerprint density at radius 3 is 2.41 bits per heavy atom. The first-order valence-electron chi connectivity index (χ1n) is 12.9. The van der Waals surface area contributed by atoms with Gasteiger partial charge in [-0.3, -0.25) is 9.59 Å². The van der Waals surface area contributed by atoms with E-state index < -0.39 is 11.7 Å². The van der Waals surface area contributed by atoms with E-state index in [4.69, 9.17) is 27.9 Å². The molecule has 210 valence electrons. The number of ether oxygens (including phenoxy) is 1. The molecule has 1 unspecified atom stereocenters. The van der Waals surface area contributed by atoms with E-state index in [1.165, 1.54) is 0 Å². The molecule has 0 saturated carbocycles. The number of rotatable bonds is 6. The minimum absolute atomic E-state index is 0.136. The van der Waals surface area contributed by atoms with Crippen LogP contribution >= 0.6 is 23.2 Å². The number of hydrogen-bond acceptors (Lipinski definition) is 3. The van der Waals surface area contributed by atoms with Crippen LogP contribution in [0.4, 0.5) is 13.2 Å². The summed E-state index contributed by atoms with van der Waals surface area (Å²) in [4.78, 5) is 27.3. The third-order valence-corrected chi connectivity index (χ3v) is 8.55. The highest BCUT2D eigenvalue weighted by Gasteiger charge is 2.33. The molecule has 4 rings (SSSR count). The standard InChI is InChI=1S/C29H31Cl2F3N2O3/c1-5-39-28(38)17(3)18-8-10-36(11-9-18)27(37)21-6-7-24(30)23(26(21)31)15-20-14-22-16(2)12-19(29(32,33)34)13-25(22)35(20)4/h6-7,12-14,17-18H,5,8-11,15H2,1-4H3. The van der Waals surface area contributed by atoms with Crippen LogP contribution in [0.15, 0.2) is 30.3 Å². The molecule has 0 spiro atoms. The lowest BCUT2D eigenvalue weighted by Gasteiger charge is -2.34. The number of fused-ring (bicyclic) bond motifs is 1. The fourth-order valence-corrected chi connectivity index (χ4v) is 5.93. The number of aryl methyl sites for hydroxylation is 2. The Morgan fingerprint density at radius 2 is 1.79 bits per heavy atom. The predicted molar refractivity (Wildman–Crippen MR) is 146 cm³/mol. The number of carbonyl (C=O) groups excluding carboxylic acids is 2. The zero-order valence-electron chi connectivity index (χ0n) is 22.3. The first kappa shape index (κ1) is 29.3. The molecule has 0 radical (unpaired) electrons. The maximum Gasteiger partial charge on any atom is 0.416 e. The van der Waals surface area contributed by atoms with Crippen LogP contribution in [0.3, 0.4) is 0 Å². The summed E-state index contributed by atoms with van der Waals surface area (Å²) in [7, 11) is 1.70. The summed E-state index contributed by atoms with van der Waals surface area (Å²) < 4.78 is 47.0. The zero-order chi connectivity index (χ0) is 28.6. The van der Waals surface area contributed by atoms with E-state index in [0.29, 0.717) is 65.2 Å². The van der Waals surface area contributed by atoms with E-state index in [1.807, 2.05) is 13.0 Å². The summed E-state index contributed by atoms with van der Waals surface area (Å²) >= 11 is 13.3. The number of hydrogen-bond donors (Lipinski definition) is 0. The van der Waals surface area contributed by atoms with Gasteiger partial charge in [0.2, 0.25) is 0 Å². The second-order valence-electron chi connectivity index (χ2n) is 10.2. The van der Waals surface area contributed by atoms with Crippen molar-refractivity contribution in [2.45, 2.75) is 46.2 Å². The number of nitrogens with zero attached hydrogens (tertiary/aromatic N) is 2. The lowest BCUT2D eigenvalue weighted by Crippen LogP contribution is -2.41. The molecule has 10 heteroatoms. The number of likely N-dealkylation sites (tertiary alicyclic amines) is 1. The van der Waals surface area contributed by atoms with Gasteiger partial charge in [0.05, 0.1) is 28.7 Å². The fourth-order valence-electron chi connectivity index (χ4n) is 5.34. The molecular formula is C29H31Cl2F3N2O3. The van der Waals surface area contributed by atoms with Crippen LogP contribution in [0.5, 0.6) is 0 Å². The summed E-state index contributed by atoms with van der Waals surface area (Å²) in [5.74, 6) is -0.532. The van der Waals surface area contributed by atoms with Gasteiger partial charge in [-0.2, -0.15) is 13.2 Å². The maximum absolute atomic E-state index is 13.4. The molecule has 1 aliphatic rings. The predicted octanol–water partition coefficient (Wildman–Crippen LogP) is 7.45. The van der Waals surface area contributed by atoms with E-state index in [9.17, 15) is 22.8 Å². The van der Waals surface area contributed by atoms with Gasteiger partial charge in [0.1, 0.15) is 0 Å². The third kappa shape index (κ3) is 5.92. The average Bonchev–Trinajstić information content (AvgIpc) is 3.21. The summed E-state index contributed by atoms with van der Waals surface area (Å²) in [6.45, 7) is 6.61. The Bertz CT molecular complexity index is 1410. The summed E-state index contributed by atoms with van der Waals surface area (Å²) in [6, 6.07) is 7.34. The van der Waals surface area contributed by atoms with Gasteiger partial charge in [-0.1, -0.05) is 30.1 Å². The molecule has 1 aliphatic heterocycles. The maximum atomic E-state index is 13.4. The largest absolute Gasteiger partial charge is 0.466 e. The van der Waals surface area contributed by atoms with Crippen molar-refractivity contribution in [1.29, 1.82) is 0 Å². The van der Waals surface area contributed by atoms with Crippen LogP contribution in [0.1, 0.15) is 59.4 Å². The molecule has 3 aromatic rings. The highest BCUT2D eigenvalue weighted by molar-refractivity contribution is 6.38. The Balaban J connectivity index is 1.57. The highest BCUT2D eigenvalue weighted by Crippen LogP contribution is 2.37. The number of esters is 1. The van der Waals surface area contributed by atoms with Gasteiger partial charge in [0, 0.05) is 48.2 Å². The Labute approximate surface area is 235 Å². The Kier molecular flexibility index (Phi) is 8.57. The molecule has 0 aliphatic carbocycles. The van der Waals surface area contributed by atoms with Crippen LogP contribution in [0, 0.1) is 18.8 Å². The molecular weight excluding hydrogens is 552 g/mol. The van der Waals surface area contributed by atoms with Gasteiger partial charge in [-0.15, -0.1) is 0 Å². The van der Waals surface area contributed by atoms with Crippen molar-refractivity contribution < 1.29 is 27.5 Å². The Morgan fingerprint density at radius 1 is 1.13 bits per heavy atom. The van der Waals surface area contributed by atoms with Crippen molar-refractivity contribution in [2.24, 2.45) is 18.9 Å². The molecule has 2 aromatic carbocycles. The van der Waals surface area contributed by atoms with Crippen molar-refractivity contribution in [3.05, 3.63) is 68.3 Å². The van der Waals surface area contributed by atoms with Crippen LogP contribution in [0.25, 0.3) is 10.9 Å². The third-order valence-electron chi connectivity index (χ3n) is 7.76. The minimum atomic E-state index is -4.45. The molecule has 0 N–H and O–H groups in total. The number of piperidine rings is 1. The lowest BCUT2D eigenvalue weighted by molar-refractivity contribution is -0.149. The fraction of sp³-hybridized carbons (Fsp3) is 0.448. The molecule has 2 heterocycles. The quantitative estimate of drug-likeness (QED) is 0.283. The van der Waals surface area contributed by atoms with Crippen LogP contribution in [-0.4, -0.2) is 41.0 Å². The van der Waals surface area contributed by atoms with Crippen LogP contribution in [0.2, 0.25) is 10.0 Å². The van der Waals surface area contributed by atoms with E-state index in [2.05, 4.69) is 0 Å². The summed E-state index contributed by atoms with van der Waals surface area (Å²) in [5, 5.41) is 1.31. The molecule has 1 atom stereocenters. The monoisotopic (exact) mass is 582 g/mol. The average molecular weight is 583 g/mol. The van der Waals surface area contributed by atoms with E-state index in [0.717, 1.165) is 17.8 Å². The molecule has 0 bridgehead atoms. The number of amides is 1. The molecule has 1 aromatic heterocycles. The van der Waals surface area contributed by atoms with E-state index in [-0.39, 0.29) is 35.2 Å². The number of aromatic nitrogens is 1. The van der Waals surface area contributed by atoms with Gasteiger partial charge in [0.15, 0.2) is 0 Å². The number of halogens is 5. The molecule has 1 saturated heterocycles. The Hall–Kier alpha value is -2.71. The molecule has 1 fully saturated rings. The van der Waals surface area contributed by atoms with Crippen molar-refractivity contribution >= 4 is 46.0 Å². The van der Waals surface area contributed by atoms with Crippen molar-refractivity contribution in [3.63, 3.8) is 0 Å². The number of benzene rings is 2. The summed E-state index contributed by atoms with van der Waals surface area (Å²) in [5.41, 5.74) is 1.84. The SMILES string of the molecule is CCOC(=O)C(C)C1CCN(C(=O)c2ccc(Cl)c(Cc3cc4c(C)cc(C(F)(F)F)cc4n3C)c2Cl)CC1. The highest BCUT2D eigenvalue weighted by atomic mass is 35.5. The summed E-state index contributed by atoms with van der Waals surface area (Å²) in [6.07, 6.45) is -2.85.